The standard InChI is InChI=1S/C16H12ClNO4S/c1-20-12-8-9(6-10(17)14(12)21-2)7-11-16(19)22-15(18-11)13-4-3-5-23-13/h3-8H,1-2H3/b11-7-. The van der Waals surface area contributed by atoms with E-state index in [1.165, 1.54) is 25.6 Å². The molecule has 7 heteroatoms. The lowest BCUT2D eigenvalue weighted by Gasteiger charge is -2.10. The predicted molar refractivity (Wildman–Crippen MR) is 89.5 cm³/mol. The molecule has 2 aromatic rings. The summed E-state index contributed by atoms with van der Waals surface area (Å²) in [6.07, 6.45) is 1.59. The van der Waals surface area contributed by atoms with E-state index in [1.807, 2.05) is 17.5 Å². The lowest BCUT2D eigenvalue weighted by molar-refractivity contribution is -0.129. The number of aliphatic imine (C=N–C) groups is 1. The molecule has 0 aliphatic carbocycles. The quantitative estimate of drug-likeness (QED) is 0.623. The van der Waals surface area contributed by atoms with Crippen molar-refractivity contribution < 1.29 is 19.0 Å². The summed E-state index contributed by atoms with van der Waals surface area (Å²) in [5.41, 5.74) is 0.868. The Morgan fingerprint density at radius 3 is 2.78 bits per heavy atom. The van der Waals surface area contributed by atoms with E-state index < -0.39 is 5.97 Å². The molecule has 1 aromatic heterocycles. The minimum atomic E-state index is -0.501. The number of rotatable bonds is 4. The van der Waals surface area contributed by atoms with Crippen molar-refractivity contribution in [2.75, 3.05) is 14.2 Å². The van der Waals surface area contributed by atoms with E-state index in [0.29, 0.717) is 28.0 Å². The van der Waals surface area contributed by atoms with E-state index >= 15 is 0 Å². The highest BCUT2D eigenvalue weighted by atomic mass is 35.5. The largest absolute Gasteiger partial charge is 0.493 e. The van der Waals surface area contributed by atoms with Gasteiger partial charge in [0.15, 0.2) is 17.2 Å². The van der Waals surface area contributed by atoms with Gasteiger partial charge in [0, 0.05) is 0 Å². The molecule has 0 bridgehead atoms. The smallest absolute Gasteiger partial charge is 0.363 e. The molecule has 0 unspecified atom stereocenters. The molecule has 0 saturated heterocycles. The van der Waals surface area contributed by atoms with Gasteiger partial charge >= 0.3 is 5.97 Å². The summed E-state index contributed by atoms with van der Waals surface area (Å²) in [5.74, 6) is 0.718. The van der Waals surface area contributed by atoms with Gasteiger partial charge < -0.3 is 14.2 Å². The zero-order chi connectivity index (χ0) is 16.4. The lowest BCUT2D eigenvalue weighted by Crippen LogP contribution is -2.03. The second-order valence-electron chi connectivity index (χ2n) is 4.55. The van der Waals surface area contributed by atoms with Crippen LogP contribution in [-0.2, 0) is 9.53 Å². The molecule has 5 nitrogen and oxygen atoms in total. The minimum Gasteiger partial charge on any atom is -0.493 e. The summed E-state index contributed by atoms with van der Waals surface area (Å²) in [7, 11) is 3.02. The van der Waals surface area contributed by atoms with Crippen LogP contribution >= 0.6 is 22.9 Å². The molecule has 0 fully saturated rings. The number of thiophene rings is 1. The highest BCUT2D eigenvalue weighted by Gasteiger charge is 2.25. The third kappa shape index (κ3) is 3.09. The Bertz CT molecular complexity index is 812. The summed E-state index contributed by atoms with van der Waals surface area (Å²) >= 11 is 7.61. The Hall–Kier alpha value is -2.31. The van der Waals surface area contributed by atoms with Crippen LogP contribution in [0, 0.1) is 0 Å². The number of carbonyl (C=O) groups excluding carboxylic acids is 1. The van der Waals surface area contributed by atoms with Gasteiger partial charge in [0.05, 0.1) is 24.1 Å². The van der Waals surface area contributed by atoms with Crippen LogP contribution in [0.25, 0.3) is 6.08 Å². The average Bonchev–Trinajstić information content (AvgIpc) is 3.17. The number of methoxy groups -OCH3 is 2. The maximum absolute atomic E-state index is 12.0. The molecule has 3 rings (SSSR count). The van der Waals surface area contributed by atoms with Crippen molar-refractivity contribution >= 4 is 40.9 Å². The van der Waals surface area contributed by atoms with E-state index in [9.17, 15) is 4.79 Å². The number of carbonyl (C=O) groups is 1. The Kier molecular flexibility index (Phi) is 4.36. The monoisotopic (exact) mass is 349 g/mol. The molecule has 118 valence electrons. The van der Waals surface area contributed by atoms with E-state index in [2.05, 4.69) is 4.99 Å². The molecule has 0 saturated carbocycles. The molecule has 2 heterocycles. The maximum atomic E-state index is 12.0. The highest BCUT2D eigenvalue weighted by Crippen LogP contribution is 2.37. The summed E-state index contributed by atoms with van der Waals surface area (Å²) in [4.78, 5) is 17.0. The van der Waals surface area contributed by atoms with Gasteiger partial charge in [0.25, 0.3) is 0 Å². The van der Waals surface area contributed by atoms with Crippen molar-refractivity contribution in [2.45, 2.75) is 0 Å². The van der Waals surface area contributed by atoms with Crippen LogP contribution in [0.1, 0.15) is 10.4 Å². The number of hydrogen-bond acceptors (Lipinski definition) is 6. The first-order chi connectivity index (χ1) is 11.1. The Labute approximate surface area is 141 Å². The number of esters is 1. The van der Waals surface area contributed by atoms with Crippen molar-refractivity contribution in [1.82, 2.24) is 0 Å². The fraction of sp³-hybridized carbons (Fsp3) is 0.125. The normalized spacial score (nSPS) is 15.5. The van der Waals surface area contributed by atoms with Crippen LogP contribution in [0.5, 0.6) is 11.5 Å². The van der Waals surface area contributed by atoms with Gasteiger partial charge in [0.2, 0.25) is 5.90 Å². The molecular weight excluding hydrogens is 338 g/mol. The summed E-state index contributed by atoms with van der Waals surface area (Å²) in [6, 6.07) is 7.09. The van der Waals surface area contributed by atoms with Crippen molar-refractivity contribution in [1.29, 1.82) is 0 Å². The SMILES string of the molecule is COc1cc(/C=C2\N=C(c3cccs3)OC2=O)cc(Cl)c1OC. The molecule has 1 aromatic carbocycles. The van der Waals surface area contributed by atoms with Gasteiger partial charge in [-0.05, 0) is 35.2 Å². The second-order valence-corrected chi connectivity index (χ2v) is 5.91. The maximum Gasteiger partial charge on any atom is 0.363 e. The molecule has 23 heavy (non-hydrogen) atoms. The van der Waals surface area contributed by atoms with Crippen molar-refractivity contribution in [2.24, 2.45) is 4.99 Å². The second kappa shape index (κ2) is 6.44. The fourth-order valence-electron chi connectivity index (χ4n) is 2.09. The molecule has 0 spiro atoms. The number of ether oxygens (including phenoxy) is 3. The van der Waals surface area contributed by atoms with E-state index in [0.717, 1.165) is 4.88 Å². The highest BCUT2D eigenvalue weighted by molar-refractivity contribution is 7.12. The van der Waals surface area contributed by atoms with Crippen LogP contribution < -0.4 is 9.47 Å². The topological polar surface area (TPSA) is 57.1 Å². The number of halogens is 1. The first kappa shape index (κ1) is 15.6. The molecular formula is C16H12ClNO4S. The van der Waals surface area contributed by atoms with Crippen molar-refractivity contribution in [3.63, 3.8) is 0 Å². The van der Waals surface area contributed by atoms with Crippen LogP contribution in [0.3, 0.4) is 0 Å². The number of hydrogen-bond donors (Lipinski definition) is 0. The fourth-order valence-corrected chi connectivity index (χ4v) is 3.04. The lowest BCUT2D eigenvalue weighted by atomic mass is 10.1. The van der Waals surface area contributed by atoms with E-state index in [4.69, 9.17) is 25.8 Å². The summed E-state index contributed by atoms with van der Waals surface area (Å²) < 4.78 is 15.6. The molecule has 0 amide bonds. The minimum absolute atomic E-state index is 0.205. The number of cyclic esters (lactones) is 1. The van der Waals surface area contributed by atoms with Crippen molar-refractivity contribution in [3.05, 3.63) is 50.8 Å². The zero-order valence-electron chi connectivity index (χ0n) is 12.3. The molecule has 1 aliphatic rings. The van der Waals surface area contributed by atoms with Crippen LogP contribution in [-0.4, -0.2) is 26.1 Å². The molecule has 0 N–H and O–H groups in total. The van der Waals surface area contributed by atoms with E-state index in [1.54, 1.807) is 18.2 Å². The third-order valence-corrected chi connectivity index (χ3v) is 4.25. The molecule has 1 aliphatic heterocycles. The van der Waals surface area contributed by atoms with Gasteiger partial charge in [0.1, 0.15) is 0 Å². The van der Waals surface area contributed by atoms with Gasteiger partial charge in [-0.1, -0.05) is 17.7 Å². The average molecular weight is 350 g/mol. The predicted octanol–water partition coefficient (Wildman–Crippen LogP) is 3.76. The van der Waals surface area contributed by atoms with Crippen LogP contribution in [0.15, 0.2) is 40.3 Å². The number of benzene rings is 1. The molecule has 0 radical (unpaired) electrons. The van der Waals surface area contributed by atoms with Gasteiger partial charge in [-0.3, -0.25) is 0 Å². The summed E-state index contributed by atoms with van der Waals surface area (Å²) in [6.45, 7) is 0. The Morgan fingerprint density at radius 2 is 2.13 bits per heavy atom. The van der Waals surface area contributed by atoms with Crippen LogP contribution in [0.2, 0.25) is 5.02 Å². The van der Waals surface area contributed by atoms with Gasteiger partial charge in [-0.2, -0.15) is 0 Å². The van der Waals surface area contributed by atoms with Crippen molar-refractivity contribution in [3.8, 4) is 11.5 Å². The summed E-state index contributed by atoms with van der Waals surface area (Å²) in [5, 5.41) is 2.27. The van der Waals surface area contributed by atoms with Gasteiger partial charge in [-0.25, -0.2) is 9.79 Å². The third-order valence-electron chi connectivity index (χ3n) is 3.11. The van der Waals surface area contributed by atoms with Gasteiger partial charge in [-0.15, -0.1) is 11.3 Å². The molecule has 0 atom stereocenters. The zero-order valence-corrected chi connectivity index (χ0v) is 13.9. The first-order valence-corrected chi connectivity index (χ1v) is 7.86. The Balaban J connectivity index is 1.98. The van der Waals surface area contributed by atoms with E-state index in [-0.39, 0.29) is 5.70 Å². The van der Waals surface area contributed by atoms with Crippen LogP contribution in [0.4, 0.5) is 0 Å². The Morgan fingerprint density at radius 1 is 1.30 bits per heavy atom. The number of nitrogens with zero attached hydrogens (tertiary/aromatic N) is 1. The first-order valence-electron chi connectivity index (χ1n) is 6.60.